The van der Waals surface area contributed by atoms with E-state index in [2.05, 4.69) is 15.6 Å². The zero-order valence-electron chi connectivity index (χ0n) is 16.3. The van der Waals surface area contributed by atoms with Gasteiger partial charge < -0.3 is 15.5 Å². The normalized spacial score (nSPS) is 11.4. The van der Waals surface area contributed by atoms with Crippen LogP contribution in [0.25, 0.3) is 9.53 Å². The summed E-state index contributed by atoms with van der Waals surface area (Å²) >= 11 is 2.80. The third-order valence-corrected chi connectivity index (χ3v) is 7.44. The molecule has 0 unspecified atom stereocenters. The number of thiazole rings is 1. The van der Waals surface area contributed by atoms with Crippen molar-refractivity contribution in [1.82, 2.24) is 10.3 Å². The van der Waals surface area contributed by atoms with Crippen LogP contribution in [0.4, 0.5) is 16.5 Å². The van der Waals surface area contributed by atoms with Crippen molar-refractivity contribution in [1.29, 1.82) is 0 Å². The largest absolute Gasteiger partial charge is 0.378 e. The van der Waals surface area contributed by atoms with Gasteiger partial charge in [0.2, 0.25) is 0 Å². The van der Waals surface area contributed by atoms with Crippen molar-refractivity contribution >= 4 is 64.5 Å². The fourth-order valence-corrected chi connectivity index (χ4v) is 5.22. The molecule has 2 heterocycles. The van der Waals surface area contributed by atoms with Gasteiger partial charge >= 0.3 is 0 Å². The summed E-state index contributed by atoms with van der Waals surface area (Å²) in [4.78, 5) is 30.5. The molecule has 0 spiro atoms. The smallest absolute Gasteiger partial charge is 0.293 e. The number of nitro groups is 1. The van der Waals surface area contributed by atoms with Gasteiger partial charge in [-0.25, -0.2) is 13.4 Å². The number of carbonyl (C=O) groups is 1. The van der Waals surface area contributed by atoms with E-state index < -0.39 is 14.8 Å². The summed E-state index contributed by atoms with van der Waals surface area (Å²) in [6.07, 6.45) is 0.986. The van der Waals surface area contributed by atoms with E-state index in [1.165, 1.54) is 34.8 Å². The Morgan fingerprint density at radius 3 is 2.57 bits per heavy atom. The number of nitro benzene ring substituents is 1. The second-order valence-electron chi connectivity index (χ2n) is 6.56. The third-order valence-electron chi connectivity index (χ3n) is 4.00. The minimum Gasteiger partial charge on any atom is -0.378 e. The van der Waals surface area contributed by atoms with E-state index >= 15 is 0 Å². The van der Waals surface area contributed by atoms with E-state index in [0.29, 0.717) is 4.88 Å². The van der Waals surface area contributed by atoms with Gasteiger partial charge in [-0.2, -0.15) is 0 Å². The molecule has 0 atom stereocenters. The Morgan fingerprint density at radius 1 is 1.23 bits per heavy atom. The summed E-state index contributed by atoms with van der Waals surface area (Å²) in [5.74, 6) is -0.250. The number of rotatable bonds is 8. The van der Waals surface area contributed by atoms with Crippen molar-refractivity contribution in [2.24, 2.45) is 0 Å². The van der Waals surface area contributed by atoms with Gasteiger partial charge in [0.1, 0.15) is 10.5 Å². The summed E-state index contributed by atoms with van der Waals surface area (Å²) < 4.78 is 24.1. The number of hydrogen-bond acceptors (Lipinski definition) is 10. The fraction of sp³-hybridized carbons (Fsp3) is 0.294. The van der Waals surface area contributed by atoms with Crippen molar-refractivity contribution in [2.75, 3.05) is 43.7 Å². The Morgan fingerprint density at radius 2 is 1.97 bits per heavy atom. The number of nitrogens with one attached hydrogen (secondary N) is 2. The van der Waals surface area contributed by atoms with Gasteiger partial charge in [0, 0.05) is 39.5 Å². The number of thiophene rings is 1. The van der Waals surface area contributed by atoms with Crippen LogP contribution >= 0.6 is 22.7 Å². The van der Waals surface area contributed by atoms with E-state index in [9.17, 15) is 23.3 Å². The number of amides is 1. The first-order valence-corrected chi connectivity index (χ1v) is 12.2. The molecule has 3 aromatic rings. The fourth-order valence-electron chi connectivity index (χ4n) is 2.53. The van der Waals surface area contributed by atoms with Crippen molar-refractivity contribution < 1.29 is 18.1 Å². The van der Waals surface area contributed by atoms with E-state index in [0.717, 1.165) is 27.0 Å². The van der Waals surface area contributed by atoms with Crippen LogP contribution < -0.4 is 15.5 Å². The lowest BCUT2D eigenvalue weighted by molar-refractivity contribution is -0.384. The van der Waals surface area contributed by atoms with Gasteiger partial charge in [-0.1, -0.05) is 11.3 Å². The Kier molecular flexibility index (Phi) is 6.24. The highest BCUT2D eigenvalue weighted by Crippen LogP contribution is 2.33. The Balaban J connectivity index is 1.60. The van der Waals surface area contributed by atoms with Crippen LogP contribution in [0.5, 0.6) is 0 Å². The first-order chi connectivity index (χ1) is 14.1. The number of aromatic nitrogens is 1. The average Bonchev–Trinajstić information content (AvgIpc) is 3.23. The molecule has 10 nitrogen and oxygen atoms in total. The summed E-state index contributed by atoms with van der Waals surface area (Å²) in [5, 5.41) is 17.7. The molecule has 160 valence electrons. The summed E-state index contributed by atoms with van der Waals surface area (Å²) in [7, 11) is 0.258. The quantitative estimate of drug-likeness (QED) is 0.292. The minimum absolute atomic E-state index is 0.128. The lowest BCUT2D eigenvalue weighted by Crippen LogP contribution is -2.28. The number of anilines is 2. The van der Waals surface area contributed by atoms with Crippen LogP contribution in [0, 0.1) is 10.1 Å². The molecular formula is C17H19N5O5S3. The van der Waals surface area contributed by atoms with Crippen molar-refractivity contribution in [3.63, 3.8) is 0 Å². The molecule has 1 amide bonds. The van der Waals surface area contributed by atoms with Gasteiger partial charge in [0.15, 0.2) is 15.0 Å². The summed E-state index contributed by atoms with van der Waals surface area (Å²) in [5.41, 5.74) is -0.163. The highest BCUT2D eigenvalue weighted by molar-refractivity contribution is 7.90. The lowest BCUT2D eigenvalue weighted by atomic mass is 10.2. The van der Waals surface area contributed by atoms with Crippen LogP contribution in [0.15, 0.2) is 29.2 Å². The van der Waals surface area contributed by atoms with Crippen molar-refractivity contribution in [2.45, 2.75) is 4.90 Å². The van der Waals surface area contributed by atoms with Crippen LogP contribution in [0.3, 0.4) is 0 Å². The second-order valence-corrected chi connectivity index (χ2v) is 10.6. The second kappa shape index (κ2) is 8.53. The molecule has 13 heteroatoms. The Hall–Kier alpha value is -2.77. The van der Waals surface area contributed by atoms with Gasteiger partial charge in [-0.05, 0) is 18.2 Å². The topological polar surface area (TPSA) is 135 Å². The summed E-state index contributed by atoms with van der Waals surface area (Å²) in [6.45, 7) is 0.458. The Labute approximate surface area is 180 Å². The van der Waals surface area contributed by atoms with Gasteiger partial charge in [-0.3, -0.25) is 14.9 Å². The maximum atomic E-state index is 12.3. The van der Waals surface area contributed by atoms with Gasteiger partial charge in [-0.15, -0.1) is 11.3 Å². The molecular weight excluding hydrogens is 450 g/mol. The molecule has 0 aliphatic carbocycles. The van der Waals surface area contributed by atoms with E-state index in [4.69, 9.17) is 0 Å². The average molecular weight is 470 g/mol. The molecule has 30 heavy (non-hydrogen) atoms. The lowest BCUT2D eigenvalue weighted by Gasteiger charge is -2.09. The number of hydrogen-bond donors (Lipinski definition) is 2. The molecule has 1 aromatic carbocycles. The number of sulfone groups is 1. The summed E-state index contributed by atoms with van der Waals surface area (Å²) in [6, 6.07) is 5.46. The molecule has 0 saturated heterocycles. The molecule has 3 rings (SSSR count). The first kappa shape index (κ1) is 21.9. The number of carbonyl (C=O) groups excluding carboxylic acids is 1. The van der Waals surface area contributed by atoms with E-state index in [-0.39, 0.29) is 35.3 Å². The van der Waals surface area contributed by atoms with Gasteiger partial charge in [0.05, 0.1) is 19.4 Å². The van der Waals surface area contributed by atoms with Gasteiger partial charge in [0.25, 0.3) is 11.6 Å². The molecule has 0 bridgehead atoms. The number of nitrogens with zero attached hydrogens (tertiary/aromatic N) is 3. The monoisotopic (exact) mass is 469 g/mol. The maximum Gasteiger partial charge on any atom is 0.293 e. The van der Waals surface area contributed by atoms with Crippen molar-refractivity contribution in [3.8, 4) is 0 Å². The van der Waals surface area contributed by atoms with Crippen molar-refractivity contribution in [3.05, 3.63) is 39.3 Å². The minimum atomic E-state index is -3.55. The van der Waals surface area contributed by atoms with Crippen LogP contribution in [-0.4, -0.2) is 57.7 Å². The number of benzene rings is 1. The predicted molar refractivity (Wildman–Crippen MR) is 119 cm³/mol. The van der Waals surface area contributed by atoms with E-state index in [1.54, 1.807) is 6.07 Å². The van der Waals surface area contributed by atoms with Crippen LogP contribution in [0.2, 0.25) is 0 Å². The molecule has 0 saturated carbocycles. The molecule has 0 aliphatic rings. The predicted octanol–water partition coefficient (Wildman–Crippen LogP) is 2.58. The van der Waals surface area contributed by atoms with Crippen LogP contribution in [-0.2, 0) is 9.84 Å². The SMILES string of the molecule is CN(C)c1nc2sc(C(=O)NCCNc3ccc(S(C)(=O)=O)cc3[N+](=O)[O-])cc2s1. The standard InChI is InChI=1S/C17H19N5O5S3/c1-21(2)17-20-16-14(29-17)9-13(28-16)15(23)19-7-6-18-11-5-4-10(30(3,26)27)8-12(11)22(24)25/h4-5,8-9,18H,6-7H2,1-3H3,(H,19,23). The zero-order valence-corrected chi connectivity index (χ0v) is 18.8. The molecule has 2 aromatic heterocycles. The molecule has 0 aliphatic heterocycles. The molecule has 0 fully saturated rings. The highest BCUT2D eigenvalue weighted by atomic mass is 32.2. The molecule has 0 radical (unpaired) electrons. The highest BCUT2D eigenvalue weighted by Gasteiger charge is 2.19. The zero-order chi connectivity index (χ0) is 22.1. The molecule has 2 N–H and O–H groups in total. The number of fused-ring (bicyclic) bond motifs is 1. The first-order valence-electron chi connectivity index (χ1n) is 8.64. The van der Waals surface area contributed by atoms with E-state index in [1.807, 2.05) is 19.0 Å². The maximum absolute atomic E-state index is 12.3. The van der Waals surface area contributed by atoms with Crippen LogP contribution in [0.1, 0.15) is 9.67 Å². The third kappa shape index (κ3) is 4.86. The Bertz CT molecular complexity index is 1180.